The molecule has 1 aliphatic heterocycles. The Kier molecular flexibility index (Phi) is 3.32. The molecule has 2 atom stereocenters. The lowest BCUT2D eigenvalue weighted by atomic mass is 9.88. The van der Waals surface area contributed by atoms with Gasteiger partial charge in [0.15, 0.2) is 0 Å². The average molecular weight is 253 g/mol. The number of hydrogen-bond acceptors (Lipinski definition) is 3. The van der Waals surface area contributed by atoms with Crippen LogP contribution in [0.15, 0.2) is 53.6 Å². The number of allylic oxidation sites excluding steroid dienone is 2. The molecule has 1 heterocycles. The fourth-order valence-corrected chi connectivity index (χ4v) is 2.54. The van der Waals surface area contributed by atoms with E-state index < -0.39 is 0 Å². The first-order valence-electron chi connectivity index (χ1n) is 6.73. The highest BCUT2D eigenvalue weighted by Crippen LogP contribution is 2.32. The summed E-state index contributed by atoms with van der Waals surface area (Å²) in [6, 6.07) is 8.15. The van der Waals surface area contributed by atoms with Crippen LogP contribution >= 0.6 is 0 Å². The normalized spacial score (nSPS) is 28.4. The highest BCUT2D eigenvalue weighted by molar-refractivity contribution is 5.81. The number of benzene rings is 1. The predicted molar refractivity (Wildman–Crippen MR) is 79.3 cm³/mol. The molecule has 1 spiro atoms. The molecule has 1 aromatic rings. The van der Waals surface area contributed by atoms with Gasteiger partial charge in [0, 0.05) is 31.8 Å². The SMILES string of the molecule is NCc1ccccc1C=NCC1C=CC=CC12CN2. The van der Waals surface area contributed by atoms with Crippen LogP contribution in [0.25, 0.3) is 0 Å². The first-order chi connectivity index (χ1) is 9.34. The summed E-state index contributed by atoms with van der Waals surface area (Å²) in [5, 5.41) is 3.44. The maximum atomic E-state index is 5.73. The Morgan fingerprint density at radius 2 is 2.21 bits per heavy atom. The second-order valence-electron chi connectivity index (χ2n) is 5.14. The van der Waals surface area contributed by atoms with E-state index in [0.717, 1.165) is 24.2 Å². The summed E-state index contributed by atoms with van der Waals surface area (Å²) in [6.45, 7) is 2.43. The summed E-state index contributed by atoms with van der Waals surface area (Å²) < 4.78 is 0. The Labute approximate surface area is 113 Å². The van der Waals surface area contributed by atoms with Gasteiger partial charge in [-0.05, 0) is 11.1 Å². The van der Waals surface area contributed by atoms with Gasteiger partial charge in [0.2, 0.25) is 0 Å². The third-order valence-electron chi connectivity index (χ3n) is 3.90. The minimum absolute atomic E-state index is 0.180. The lowest BCUT2D eigenvalue weighted by Crippen LogP contribution is -2.27. The van der Waals surface area contributed by atoms with Gasteiger partial charge in [-0.1, -0.05) is 48.6 Å². The predicted octanol–water partition coefficient (Wildman–Crippen LogP) is 1.65. The standard InChI is InChI=1S/C16H19N3/c17-9-13-5-1-2-6-14(13)10-18-11-15-7-3-4-8-16(15)12-19-16/h1-8,10,15,19H,9,11-12,17H2. The lowest BCUT2D eigenvalue weighted by Gasteiger charge is -2.20. The summed E-state index contributed by atoms with van der Waals surface area (Å²) in [5.74, 6) is 0.457. The van der Waals surface area contributed by atoms with E-state index >= 15 is 0 Å². The third-order valence-corrected chi connectivity index (χ3v) is 3.90. The van der Waals surface area contributed by atoms with Crippen LogP contribution in [0.2, 0.25) is 0 Å². The van der Waals surface area contributed by atoms with Crippen LogP contribution in [-0.2, 0) is 6.54 Å². The largest absolute Gasteiger partial charge is 0.326 e. The van der Waals surface area contributed by atoms with E-state index in [1.807, 2.05) is 18.3 Å². The molecule has 0 aromatic heterocycles. The van der Waals surface area contributed by atoms with Crippen molar-refractivity contribution in [2.45, 2.75) is 12.1 Å². The van der Waals surface area contributed by atoms with Crippen molar-refractivity contribution < 1.29 is 0 Å². The molecule has 19 heavy (non-hydrogen) atoms. The average Bonchev–Trinajstić information content (AvgIpc) is 3.22. The second kappa shape index (κ2) is 5.11. The summed E-state index contributed by atoms with van der Waals surface area (Å²) in [7, 11) is 0. The molecule has 0 radical (unpaired) electrons. The molecular formula is C16H19N3. The van der Waals surface area contributed by atoms with Gasteiger partial charge in [0.25, 0.3) is 0 Å². The van der Waals surface area contributed by atoms with E-state index in [-0.39, 0.29) is 5.54 Å². The van der Waals surface area contributed by atoms with Crippen molar-refractivity contribution in [3.8, 4) is 0 Å². The van der Waals surface area contributed by atoms with Crippen LogP contribution < -0.4 is 11.1 Å². The van der Waals surface area contributed by atoms with E-state index in [0.29, 0.717) is 12.5 Å². The molecule has 0 amide bonds. The maximum Gasteiger partial charge on any atom is 0.0576 e. The smallest absolute Gasteiger partial charge is 0.0576 e. The van der Waals surface area contributed by atoms with Gasteiger partial charge in [-0.25, -0.2) is 0 Å². The van der Waals surface area contributed by atoms with Gasteiger partial charge < -0.3 is 11.1 Å². The summed E-state index contributed by atoms with van der Waals surface area (Å²) in [5.41, 5.74) is 8.17. The van der Waals surface area contributed by atoms with Crippen molar-refractivity contribution in [1.82, 2.24) is 5.32 Å². The molecule has 2 unspecified atom stereocenters. The zero-order chi connectivity index (χ0) is 13.1. The molecule has 1 aromatic carbocycles. The lowest BCUT2D eigenvalue weighted by molar-refractivity contribution is 0.549. The van der Waals surface area contributed by atoms with Crippen molar-refractivity contribution >= 4 is 6.21 Å². The zero-order valence-corrected chi connectivity index (χ0v) is 10.9. The summed E-state index contributed by atoms with van der Waals surface area (Å²) in [6.07, 6.45) is 10.7. The minimum Gasteiger partial charge on any atom is -0.326 e. The Morgan fingerprint density at radius 1 is 1.37 bits per heavy atom. The van der Waals surface area contributed by atoms with Gasteiger partial charge in [-0.3, -0.25) is 4.99 Å². The van der Waals surface area contributed by atoms with Crippen LogP contribution in [-0.4, -0.2) is 24.8 Å². The molecule has 0 bridgehead atoms. The van der Waals surface area contributed by atoms with Crippen LogP contribution in [0.3, 0.4) is 0 Å². The molecule has 1 saturated heterocycles. The summed E-state index contributed by atoms with van der Waals surface area (Å²) >= 11 is 0. The third kappa shape index (κ3) is 2.53. The fraction of sp³-hybridized carbons (Fsp3) is 0.312. The van der Waals surface area contributed by atoms with E-state index in [4.69, 9.17) is 5.73 Å². The highest BCUT2D eigenvalue weighted by atomic mass is 15.2. The quantitative estimate of drug-likeness (QED) is 0.633. The van der Waals surface area contributed by atoms with Crippen LogP contribution in [0.4, 0.5) is 0 Å². The van der Waals surface area contributed by atoms with Crippen molar-refractivity contribution in [3.63, 3.8) is 0 Å². The highest BCUT2D eigenvalue weighted by Gasteiger charge is 2.46. The van der Waals surface area contributed by atoms with Gasteiger partial charge >= 0.3 is 0 Å². The van der Waals surface area contributed by atoms with Crippen molar-refractivity contribution in [3.05, 3.63) is 59.7 Å². The minimum atomic E-state index is 0.180. The maximum absolute atomic E-state index is 5.73. The topological polar surface area (TPSA) is 60.3 Å². The zero-order valence-electron chi connectivity index (χ0n) is 10.9. The molecule has 3 N–H and O–H groups in total. The van der Waals surface area contributed by atoms with E-state index in [2.05, 4.69) is 46.7 Å². The monoisotopic (exact) mass is 253 g/mol. The fourth-order valence-electron chi connectivity index (χ4n) is 2.54. The Hall–Kier alpha value is -1.71. The van der Waals surface area contributed by atoms with E-state index in [9.17, 15) is 0 Å². The molecule has 2 aliphatic rings. The van der Waals surface area contributed by atoms with Crippen LogP contribution in [0.1, 0.15) is 11.1 Å². The Morgan fingerprint density at radius 3 is 3.00 bits per heavy atom. The van der Waals surface area contributed by atoms with Gasteiger partial charge in [0.05, 0.1) is 5.54 Å². The molecule has 0 saturated carbocycles. The first kappa shape index (κ1) is 12.3. The number of aliphatic imine (C=N–C) groups is 1. The molecule has 1 aliphatic carbocycles. The van der Waals surface area contributed by atoms with Crippen LogP contribution in [0.5, 0.6) is 0 Å². The molecular weight excluding hydrogens is 234 g/mol. The molecule has 3 rings (SSSR count). The van der Waals surface area contributed by atoms with Crippen molar-refractivity contribution in [2.24, 2.45) is 16.6 Å². The second-order valence-corrected chi connectivity index (χ2v) is 5.14. The molecule has 3 heteroatoms. The molecule has 3 nitrogen and oxygen atoms in total. The molecule has 1 fully saturated rings. The Balaban J connectivity index is 1.67. The number of nitrogens with one attached hydrogen (secondary N) is 1. The van der Waals surface area contributed by atoms with Gasteiger partial charge in [-0.2, -0.15) is 0 Å². The van der Waals surface area contributed by atoms with Gasteiger partial charge in [-0.15, -0.1) is 0 Å². The van der Waals surface area contributed by atoms with Crippen molar-refractivity contribution in [1.29, 1.82) is 0 Å². The number of hydrogen-bond donors (Lipinski definition) is 2. The van der Waals surface area contributed by atoms with E-state index in [1.165, 1.54) is 0 Å². The molecule has 98 valence electrons. The first-order valence-corrected chi connectivity index (χ1v) is 6.73. The van der Waals surface area contributed by atoms with E-state index in [1.54, 1.807) is 0 Å². The van der Waals surface area contributed by atoms with Crippen LogP contribution in [0, 0.1) is 5.92 Å². The summed E-state index contributed by atoms with van der Waals surface area (Å²) in [4.78, 5) is 4.60. The van der Waals surface area contributed by atoms with Crippen molar-refractivity contribution in [2.75, 3.05) is 13.1 Å². The number of nitrogens with zero attached hydrogens (tertiary/aromatic N) is 1. The Bertz CT molecular complexity index is 539. The van der Waals surface area contributed by atoms with Gasteiger partial charge in [0.1, 0.15) is 0 Å². The number of nitrogens with two attached hydrogens (primary N) is 1. The number of rotatable bonds is 4.